The Morgan fingerprint density at radius 1 is 1.62 bits per heavy atom. The number of carbonyl (C=O) groups excluding carboxylic acids is 1. The maximum absolute atomic E-state index is 11.2. The average molecular weight is 183 g/mol. The van der Waals surface area contributed by atoms with Crippen LogP contribution in [0.3, 0.4) is 0 Å². The highest BCUT2D eigenvalue weighted by Crippen LogP contribution is 2.21. The number of rotatable bonds is 2. The van der Waals surface area contributed by atoms with E-state index in [4.69, 9.17) is 4.74 Å². The number of likely N-dealkylation sites (N-methyl/N-ethyl adjacent to an activating group) is 1. The van der Waals surface area contributed by atoms with Gasteiger partial charge in [0.1, 0.15) is 0 Å². The van der Waals surface area contributed by atoms with Crippen LogP contribution < -0.4 is 0 Å². The van der Waals surface area contributed by atoms with Crippen LogP contribution in [0.15, 0.2) is 11.6 Å². The van der Waals surface area contributed by atoms with Crippen molar-refractivity contribution in [2.75, 3.05) is 21.2 Å². The molecule has 74 valence electrons. The Labute approximate surface area is 79.4 Å². The lowest BCUT2D eigenvalue weighted by Crippen LogP contribution is -2.29. The van der Waals surface area contributed by atoms with Crippen LogP contribution in [0.25, 0.3) is 0 Å². The van der Waals surface area contributed by atoms with Gasteiger partial charge in [0.15, 0.2) is 0 Å². The molecule has 0 aromatic rings. The van der Waals surface area contributed by atoms with Crippen molar-refractivity contribution in [2.45, 2.75) is 25.3 Å². The van der Waals surface area contributed by atoms with E-state index in [-0.39, 0.29) is 5.97 Å². The van der Waals surface area contributed by atoms with Gasteiger partial charge in [0.25, 0.3) is 0 Å². The Morgan fingerprint density at radius 2 is 2.31 bits per heavy atom. The van der Waals surface area contributed by atoms with Gasteiger partial charge in [0.2, 0.25) is 0 Å². The van der Waals surface area contributed by atoms with Gasteiger partial charge in [-0.15, -0.1) is 0 Å². The average Bonchev–Trinajstić information content (AvgIpc) is 2.17. The number of hydrogen-bond donors (Lipinski definition) is 0. The topological polar surface area (TPSA) is 29.5 Å². The maximum Gasteiger partial charge on any atom is 0.333 e. The lowest BCUT2D eigenvalue weighted by molar-refractivity contribution is -0.136. The van der Waals surface area contributed by atoms with Gasteiger partial charge in [-0.3, -0.25) is 0 Å². The van der Waals surface area contributed by atoms with Gasteiger partial charge in [0, 0.05) is 11.6 Å². The molecule has 0 spiro atoms. The standard InChI is InChI=1S/C10H17NO2/c1-11(2)9-6-4-5-8(7-9)10(12)13-3/h7,9H,4-6H2,1-3H3. The fraction of sp³-hybridized carbons (Fsp3) is 0.700. The van der Waals surface area contributed by atoms with Gasteiger partial charge >= 0.3 is 5.97 Å². The van der Waals surface area contributed by atoms with Gasteiger partial charge in [-0.1, -0.05) is 6.08 Å². The fourth-order valence-corrected chi connectivity index (χ4v) is 1.61. The van der Waals surface area contributed by atoms with Crippen molar-refractivity contribution in [3.63, 3.8) is 0 Å². The summed E-state index contributed by atoms with van der Waals surface area (Å²) in [6.07, 6.45) is 5.09. The largest absolute Gasteiger partial charge is 0.466 e. The van der Waals surface area contributed by atoms with Crippen LogP contribution in [0.4, 0.5) is 0 Å². The highest BCUT2D eigenvalue weighted by atomic mass is 16.5. The van der Waals surface area contributed by atoms with Crippen LogP contribution in [0.2, 0.25) is 0 Å². The Balaban J connectivity index is 2.69. The molecule has 1 aliphatic rings. The minimum atomic E-state index is -0.174. The van der Waals surface area contributed by atoms with Crippen LogP contribution in [-0.2, 0) is 9.53 Å². The molecule has 0 N–H and O–H groups in total. The van der Waals surface area contributed by atoms with Crippen LogP contribution in [-0.4, -0.2) is 38.1 Å². The third-order valence-electron chi connectivity index (χ3n) is 2.45. The molecule has 1 aliphatic carbocycles. The third-order valence-corrected chi connectivity index (χ3v) is 2.45. The minimum absolute atomic E-state index is 0.174. The van der Waals surface area contributed by atoms with E-state index in [9.17, 15) is 4.79 Å². The zero-order chi connectivity index (χ0) is 9.84. The van der Waals surface area contributed by atoms with E-state index in [0.717, 1.165) is 24.8 Å². The molecular formula is C10H17NO2. The first-order valence-corrected chi connectivity index (χ1v) is 4.60. The molecule has 0 aromatic carbocycles. The SMILES string of the molecule is COC(=O)C1=CC(N(C)C)CCC1. The quantitative estimate of drug-likeness (QED) is 0.602. The molecule has 1 atom stereocenters. The lowest BCUT2D eigenvalue weighted by atomic mass is 9.95. The monoisotopic (exact) mass is 183 g/mol. The molecule has 1 unspecified atom stereocenters. The molecule has 13 heavy (non-hydrogen) atoms. The second-order valence-electron chi connectivity index (χ2n) is 3.61. The molecule has 3 nitrogen and oxygen atoms in total. The molecule has 0 aromatic heterocycles. The van der Waals surface area contributed by atoms with Crippen molar-refractivity contribution >= 4 is 5.97 Å². The number of nitrogens with zero attached hydrogens (tertiary/aromatic N) is 1. The Bertz CT molecular complexity index is 221. The van der Waals surface area contributed by atoms with E-state index in [1.807, 2.05) is 20.2 Å². The summed E-state index contributed by atoms with van der Waals surface area (Å²) >= 11 is 0. The molecule has 3 heteroatoms. The predicted octanol–water partition coefficient (Wildman–Crippen LogP) is 1.20. The normalized spacial score (nSPS) is 22.8. The summed E-state index contributed by atoms with van der Waals surface area (Å²) in [5, 5.41) is 0. The molecule has 0 aliphatic heterocycles. The Hall–Kier alpha value is -0.830. The summed E-state index contributed by atoms with van der Waals surface area (Å²) in [5.74, 6) is -0.174. The number of hydrogen-bond acceptors (Lipinski definition) is 3. The van der Waals surface area contributed by atoms with E-state index in [1.54, 1.807) is 0 Å². The lowest BCUT2D eigenvalue weighted by Gasteiger charge is -2.25. The van der Waals surface area contributed by atoms with Crippen molar-refractivity contribution in [1.29, 1.82) is 0 Å². The van der Waals surface area contributed by atoms with Gasteiger partial charge < -0.3 is 9.64 Å². The maximum atomic E-state index is 11.2. The first-order chi connectivity index (χ1) is 6.15. The minimum Gasteiger partial charge on any atom is -0.466 e. The second kappa shape index (κ2) is 4.42. The molecule has 0 amide bonds. The smallest absolute Gasteiger partial charge is 0.333 e. The molecule has 0 fully saturated rings. The fourth-order valence-electron chi connectivity index (χ4n) is 1.61. The first kappa shape index (κ1) is 10.3. The summed E-state index contributed by atoms with van der Waals surface area (Å²) in [6.45, 7) is 0. The second-order valence-corrected chi connectivity index (χ2v) is 3.61. The zero-order valence-electron chi connectivity index (χ0n) is 8.54. The Morgan fingerprint density at radius 3 is 2.85 bits per heavy atom. The summed E-state index contributed by atoms with van der Waals surface area (Å²) < 4.78 is 4.69. The predicted molar refractivity (Wildman–Crippen MR) is 51.4 cm³/mol. The molecule has 1 rings (SSSR count). The number of methoxy groups -OCH3 is 1. The number of esters is 1. The third kappa shape index (κ3) is 2.56. The zero-order valence-corrected chi connectivity index (χ0v) is 8.54. The van der Waals surface area contributed by atoms with Crippen molar-refractivity contribution in [3.8, 4) is 0 Å². The van der Waals surface area contributed by atoms with Crippen LogP contribution in [0.5, 0.6) is 0 Å². The van der Waals surface area contributed by atoms with Gasteiger partial charge in [-0.05, 0) is 33.4 Å². The number of carbonyl (C=O) groups is 1. The van der Waals surface area contributed by atoms with Crippen molar-refractivity contribution in [3.05, 3.63) is 11.6 Å². The molecule has 0 heterocycles. The summed E-state index contributed by atoms with van der Waals surface area (Å²) in [4.78, 5) is 13.4. The van der Waals surface area contributed by atoms with Crippen LogP contribution in [0.1, 0.15) is 19.3 Å². The summed E-state index contributed by atoms with van der Waals surface area (Å²) in [7, 11) is 5.49. The molecule has 0 saturated carbocycles. The van der Waals surface area contributed by atoms with Crippen LogP contribution in [0, 0.1) is 0 Å². The first-order valence-electron chi connectivity index (χ1n) is 4.60. The highest BCUT2D eigenvalue weighted by Gasteiger charge is 2.19. The summed E-state index contributed by atoms with van der Waals surface area (Å²) in [6, 6.07) is 0.392. The van der Waals surface area contributed by atoms with Gasteiger partial charge in [-0.25, -0.2) is 4.79 Å². The summed E-state index contributed by atoms with van der Waals surface area (Å²) in [5.41, 5.74) is 0.826. The molecule has 0 bridgehead atoms. The van der Waals surface area contributed by atoms with Gasteiger partial charge in [0.05, 0.1) is 7.11 Å². The van der Waals surface area contributed by atoms with Crippen molar-refractivity contribution < 1.29 is 9.53 Å². The van der Waals surface area contributed by atoms with E-state index < -0.39 is 0 Å². The molecular weight excluding hydrogens is 166 g/mol. The van der Waals surface area contributed by atoms with E-state index in [2.05, 4.69) is 4.90 Å². The Kier molecular flexibility index (Phi) is 3.48. The van der Waals surface area contributed by atoms with E-state index in [0.29, 0.717) is 6.04 Å². The van der Waals surface area contributed by atoms with E-state index in [1.165, 1.54) is 7.11 Å². The van der Waals surface area contributed by atoms with Crippen molar-refractivity contribution in [2.24, 2.45) is 0 Å². The van der Waals surface area contributed by atoms with E-state index >= 15 is 0 Å². The number of ether oxygens (including phenoxy) is 1. The highest BCUT2D eigenvalue weighted by molar-refractivity contribution is 5.88. The molecule has 0 radical (unpaired) electrons. The van der Waals surface area contributed by atoms with Crippen LogP contribution >= 0.6 is 0 Å². The molecule has 0 saturated heterocycles. The van der Waals surface area contributed by atoms with Crippen molar-refractivity contribution in [1.82, 2.24) is 4.90 Å². The van der Waals surface area contributed by atoms with Gasteiger partial charge in [-0.2, -0.15) is 0 Å².